The molecule has 1 atom stereocenters. The largest absolute Gasteiger partial charge is 0.366 e. The second kappa shape index (κ2) is 7.62. The summed E-state index contributed by atoms with van der Waals surface area (Å²) in [7, 11) is 0. The van der Waals surface area contributed by atoms with Gasteiger partial charge in [0.2, 0.25) is 11.8 Å². The standard InChI is InChI=1S/C21H22N6O4/c28-17-5-4-14(19(29)25-17)27-20(30)13-3-1-2-12(18(13)21(27)31)10-23-16-11-24-15-6-7-22-8-9-26(15)16/h1-3,11,14,22-23H,4-10H2,(H,25,28,29). The zero-order valence-electron chi connectivity index (χ0n) is 16.8. The maximum absolute atomic E-state index is 13.2. The summed E-state index contributed by atoms with van der Waals surface area (Å²) >= 11 is 0. The topological polar surface area (TPSA) is 125 Å². The first-order valence-corrected chi connectivity index (χ1v) is 10.4. The molecule has 2 aromatic rings. The van der Waals surface area contributed by atoms with Crippen LogP contribution in [0.3, 0.4) is 0 Å². The molecule has 31 heavy (non-hydrogen) atoms. The van der Waals surface area contributed by atoms with Gasteiger partial charge >= 0.3 is 0 Å². The Balaban J connectivity index is 1.39. The molecule has 1 aromatic heterocycles. The van der Waals surface area contributed by atoms with E-state index in [4.69, 9.17) is 0 Å². The molecule has 1 unspecified atom stereocenters. The average Bonchev–Trinajstić information content (AvgIpc) is 3.14. The molecular weight excluding hydrogens is 400 g/mol. The molecule has 1 saturated heterocycles. The maximum Gasteiger partial charge on any atom is 0.262 e. The number of rotatable bonds is 4. The van der Waals surface area contributed by atoms with Gasteiger partial charge in [0.15, 0.2) is 0 Å². The van der Waals surface area contributed by atoms with Crippen LogP contribution in [0.15, 0.2) is 24.4 Å². The Bertz CT molecular complexity index is 1110. The minimum Gasteiger partial charge on any atom is -0.366 e. The van der Waals surface area contributed by atoms with E-state index in [0.717, 1.165) is 42.6 Å². The van der Waals surface area contributed by atoms with Crippen molar-refractivity contribution >= 4 is 29.4 Å². The van der Waals surface area contributed by atoms with E-state index in [0.29, 0.717) is 17.7 Å². The number of imide groups is 2. The maximum atomic E-state index is 13.2. The first-order chi connectivity index (χ1) is 15.0. The summed E-state index contributed by atoms with van der Waals surface area (Å²) in [6.45, 7) is 2.87. The van der Waals surface area contributed by atoms with Crippen molar-refractivity contribution in [3.05, 3.63) is 46.9 Å². The van der Waals surface area contributed by atoms with Gasteiger partial charge in [0, 0.05) is 39.0 Å². The monoisotopic (exact) mass is 422 g/mol. The highest BCUT2D eigenvalue weighted by Gasteiger charge is 2.45. The van der Waals surface area contributed by atoms with E-state index in [9.17, 15) is 19.2 Å². The number of anilines is 1. The van der Waals surface area contributed by atoms with Crippen molar-refractivity contribution in [1.29, 1.82) is 0 Å². The number of imidazole rings is 1. The molecule has 0 spiro atoms. The number of hydrogen-bond acceptors (Lipinski definition) is 7. The number of benzene rings is 1. The Morgan fingerprint density at radius 1 is 1.10 bits per heavy atom. The van der Waals surface area contributed by atoms with Gasteiger partial charge in [-0.15, -0.1) is 0 Å². The molecule has 0 radical (unpaired) electrons. The summed E-state index contributed by atoms with van der Waals surface area (Å²) in [5, 5.41) is 8.89. The molecule has 1 fully saturated rings. The predicted octanol–water partition coefficient (Wildman–Crippen LogP) is 0.0421. The number of nitrogens with zero attached hydrogens (tertiary/aromatic N) is 3. The summed E-state index contributed by atoms with van der Waals surface area (Å²) in [6.07, 6.45) is 2.86. The van der Waals surface area contributed by atoms with Crippen molar-refractivity contribution in [2.24, 2.45) is 0 Å². The lowest BCUT2D eigenvalue weighted by atomic mass is 10.0. The quantitative estimate of drug-likeness (QED) is 0.594. The van der Waals surface area contributed by atoms with Crippen LogP contribution in [0.2, 0.25) is 0 Å². The second-order valence-corrected chi connectivity index (χ2v) is 7.85. The minimum atomic E-state index is -0.969. The van der Waals surface area contributed by atoms with E-state index < -0.39 is 29.7 Å². The highest BCUT2D eigenvalue weighted by atomic mass is 16.2. The van der Waals surface area contributed by atoms with Crippen LogP contribution in [0, 0.1) is 0 Å². The van der Waals surface area contributed by atoms with Crippen LogP contribution < -0.4 is 16.0 Å². The van der Waals surface area contributed by atoms with Crippen molar-refractivity contribution in [2.45, 2.75) is 38.4 Å². The molecule has 160 valence electrons. The summed E-state index contributed by atoms with van der Waals surface area (Å²) in [5.74, 6) is -0.140. The molecule has 1 aromatic carbocycles. The number of carbonyl (C=O) groups excluding carboxylic acids is 4. The Kier molecular flexibility index (Phi) is 4.78. The third kappa shape index (κ3) is 3.28. The molecule has 0 bridgehead atoms. The summed E-state index contributed by atoms with van der Waals surface area (Å²) in [4.78, 5) is 55.3. The fraction of sp³-hybridized carbons (Fsp3) is 0.381. The Morgan fingerprint density at radius 3 is 2.81 bits per heavy atom. The average molecular weight is 422 g/mol. The SMILES string of the molecule is O=C1CCC(N2C(=O)c3cccc(CNc4cnc5n4CCNCC5)c3C2=O)C(=O)N1. The van der Waals surface area contributed by atoms with Crippen LogP contribution in [0.4, 0.5) is 5.82 Å². The van der Waals surface area contributed by atoms with Gasteiger partial charge in [-0.1, -0.05) is 12.1 Å². The zero-order valence-corrected chi connectivity index (χ0v) is 16.8. The predicted molar refractivity (Wildman–Crippen MR) is 109 cm³/mol. The van der Waals surface area contributed by atoms with Gasteiger partial charge in [-0.2, -0.15) is 0 Å². The zero-order chi connectivity index (χ0) is 21.5. The van der Waals surface area contributed by atoms with Crippen molar-refractivity contribution < 1.29 is 19.2 Å². The molecule has 0 aliphatic carbocycles. The number of fused-ring (bicyclic) bond motifs is 2. The smallest absolute Gasteiger partial charge is 0.262 e. The van der Waals surface area contributed by atoms with Gasteiger partial charge in [-0.05, 0) is 18.1 Å². The number of hydrogen-bond donors (Lipinski definition) is 3. The van der Waals surface area contributed by atoms with E-state index in [1.165, 1.54) is 0 Å². The Hall–Kier alpha value is -3.53. The first-order valence-electron chi connectivity index (χ1n) is 10.4. The van der Waals surface area contributed by atoms with Crippen molar-refractivity contribution in [3.63, 3.8) is 0 Å². The number of piperidine rings is 1. The lowest BCUT2D eigenvalue weighted by Crippen LogP contribution is -2.54. The fourth-order valence-electron chi connectivity index (χ4n) is 4.44. The number of carbonyl (C=O) groups is 4. The van der Waals surface area contributed by atoms with E-state index in [-0.39, 0.29) is 18.4 Å². The molecule has 3 aliphatic rings. The van der Waals surface area contributed by atoms with Gasteiger partial charge in [0.05, 0.1) is 17.3 Å². The molecule has 0 saturated carbocycles. The molecular formula is C21H22N6O4. The summed E-state index contributed by atoms with van der Waals surface area (Å²) in [6, 6.07) is 4.16. The molecule has 3 aliphatic heterocycles. The molecule has 10 heteroatoms. The van der Waals surface area contributed by atoms with E-state index >= 15 is 0 Å². The number of nitrogens with one attached hydrogen (secondary N) is 3. The minimum absolute atomic E-state index is 0.0966. The first kappa shape index (κ1) is 19.4. The van der Waals surface area contributed by atoms with Crippen molar-refractivity contribution in [2.75, 3.05) is 18.4 Å². The highest BCUT2D eigenvalue weighted by molar-refractivity contribution is 6.24. The highest BCUT2D eigenvalue weighted by Crippen LogP contribution is 2.30. The van der Waals surface area contributed by atoms with Crippen LogP contribution >= 0.6 is 0 Å². The van der Waals surface area contributed by atoms with Gasteiger partial charge in [-0.3, -0.25) is 29.4 Å². The van der Waals surface area contributed by atoms with Crippen LogP contribution in [0.25, 0.3) is 0 Å². The third-order valence-corrected chi connectivity index (χ3v) is 5.99. The summed E-state index contributed by atoms with van der Waals surface area (Å²) < 4.78 is 2.12. The van der Waals surface area contributed by atoms with Crippen molar-refractivity contribution in [1.82, 2.24) is 25.1 Å². The van der Waals surface area contributed by atoms with E-state index in [2.05, 4.69) is 25.5 Å². The van der Waals surface area contributed by atoms with Crippen LogP contribution in [-0.4, -0.2) is 57.2 Å². The Labute approximate surface area is 178 Å². The normalized spacial score (nSPS) is 20.9. The number of aromatic nitrogens is 2. The van der Waals surface area contributed by atoms with E-state index in [1.54, 1.807) is 24.4 Å². The van der Waals surface area contributed by atoms with E-state index in [1.807, 2.05) is 0 Å². The third-order valence-electron chi connectivity index (χ3n) is 5.99. The van der Waals surface area contributed by atoms with Gasteiger partial charge < -0.3 is 15.2 Å². The molecule has 4 heterocycles. The van der Waals surface area contributed by atoms with Gasteiger partial charge in [-0.25, -0.2) is 4.98 Å². The van der Waals surface area contributed by atoms with Crippen LogP contribution in [-0.2, 0) is 29.1 Å². The fourth-order valence-corrected chi connectivity index (χ4v) is 4.44. The summed E-state index contributed by atoms with van der Waals surface area (Å²) in [5.41, 5.74) is 1.26. The van der Waals surface area contributed by atoms with Crippen molar-refractivity contribution in [3.8, 4) is 0 Å². The lowest BCUT2D eigenvalue weighted by Gasteiger charge is -2.27. The molecule has 10 nitrogen and oxygen atoms in total. The Morgan fingerprint density at radius 2 is 1.97 bits per heavy atom. The number of amides is 4. The molecule has 4 amide bonds. The van der Waals surface area contributed by atoms with Crippen LogP contribution in [0.5, 0.6) is 0 Å². The van der Waals surface area contributed by atoms with Crippen LogP contribution in [0.1, 0.15) is 44.9 Å². The second-order valence-electron chi connectivity index (χ2n) is 7.85. The molecule has 5 rings (SSSR count). The van der Waals surface area contributed by atoms with Gasteiger partial charge in [0.25, 0.3) is 11.8 Å². The van der Waals surface area contributed by atoms with Gasteiger partial charge in [0.1, 0.15) is 17.7 Å². The molecule has 3 N–H and O–H groups in total. The lowest BCUT2D eigenvalue weighted by molar-refractivity contribution is -0.136.